The minimum atomic E-state index is -2.52. The van der Waals surface area contributed by atoms with Gasteiger partial charge in [0.15, 0.2) is 6.61 Å². The zero-order chi connectivity index (χ0) is 19.8. The SMILES string of the molecule is CC(=O)Nc1cccc(C(=O)OCC(=O)Nc2ccc(SC(F)F)cc2)c1. The topological polar surface area (TPSA) is 84.5 Å². The molecule has 27 heavy (non-hydrogen) atoms. The number of benzene rings is 2. The molecular formula is C18H16F2N2O4S. The molecule has 2 aromatic rings. The largest absolute Gasteiger partial charge is 0.452 e. The molecule has 2 aromatic carbocycles. The molecule has 0 unspecified atom stereocenters. The fourth-order valence-corrected chi connectivity index (χ4v) is 2.56. The minimum Gasteiger partial charge on any atom is -0.452 e. The predicted molar refractivity (Wildman–Crippen MR) is 98.0 cm³/mol. The Labute approximate surface area is 158 Å². The second-order valence-electron chi connectivity index (χ2n) is 5.29. The van der Waals surface area contributed by atoms with Crippen molar-refractivity contribution in [2.24, 2.45) is 0 Å². The highest BCUT2D eigenvalue weighted by Gasteiger charge is 2.12. The van der Waals surface area contributed by atoms with E-state index < -0.39 is 24.2 Å². The summed E-state index contributed by atoms with van der Waals surface area (Å²) in [6.07, 6.45) is 0. The lowest BCUT2D eigenvalue weighted by atomic mass is 10.2. The Kier molecular flexibility index (Phi) is 7.30. The number of hydrogen-bond acceptors (Lipinski definition) is 5. The molecule has 2 N–H and O–H groups in total. The summed E-state index contributed by atoms with van der Waals surface area (Å²) in [5, 5.41) is 5.04. The molecule has 2 amide bonds. The lowest BCUT2D eigenvalue weighted by Crippen LogP contribution is -2.21. The number of thioether (sulfide) groups is 1. The van der Waals surface area contributed by atoms with Crippen molar-refractivity contribution in [3.8, 4) is 0 Å². The Morgan fingerprint density at radius 3 is 2.37 bits per heavy atom. The van der Waals surface area contributed by atoms with Crippen LogP contribution in [0.3, 0.4) is 0 Å². The summed E-state index contributed by atoms with van der Waals surface area (Å²) in [7, 11) is 0. The van der Waals surface area contributed by atoms with Crippen LogP contribution in [-0.4, -0.2) is 30.1 Å². The van der Waals surface area contributed by atoms with Gasteiger partial charge < -0.3 is 15.4 Å². The molecule has 0 aliphatic rings. The lowest BCUT2D eigenvalue weighted by molar-refractivity contribution is -0.119. The standard InChI is InChI=1S/C18H16F2N2O4S/c1-11(23)21-14-4-2-3-12(9-14)17(25)26-10-16(24)22-13-5-7-15(8-6-13)27-18(19)20/h2-9,18H,10H2,1H3,(H,21,23)(H,22,24). The van der Waals surface area contributed by atoms with Crippen molar-refractivity contribution in [1.29, 1.82) is 0 Å². The third-order valence-corrected chi connectivity index (χ3v) is 3.84. The number of amides is 2. The quantitative estimate of drug-likeness (QED) is 0.552. The summed E-state index contributed by atoms with van der Waals surface area (Å²) < 4.78 is 29.4. The van der Waals surface area contributed by atoms with E-state index >= 15 is 0 Å². The second kappa shape index (κ2) is 9.67. The molecule has 2 rings (SSSR count). The van der Waals surface area contributed by atoms with Gasteiger partial charge in [-0.05, 0) is 42.5 Å². The third-order valence-electron chi connectivity index (χ3n) is 3.12. The molecule has 6 nitrogen and oxygen atoms in total. The molecule has 0 aliphatic heterocycles. The fourth-order valence-electron chi connectivity index (χ4n) is 2.06. The molecule has 0 heterocycles. The normalized spacial score (nSPS) is 10.4. The van der Waals surface area contributed by atoms with Crippen LogP contribution in [0.2, 0.25) is 0 Å². The Hall–Kier alpha value is -2.94. The number of carbonyl (C=O) groups excluding carboxylic acids is 3. The van der Waals surface area contributed by atoms with Crippen molar-refractivity contribution in [3.05, 3.63) is 54.1 Å². The van der Waals surface area contributed by atoms with Crippen LogP contribution in [0, 0.1) is 0 Å². The number of nitrogens with one attached hydrogen (secondary N) is 2. The van der Waals surface area contributed by atoms with E-state index in [4.69, 9.17) is 4.74 Å². The first-order chi connectivity index (χ1) is 12.8. The van der Waals surface area contributed by atoms with Crippen LogP contribution in [0.4, 0.5) is 20.2 Å². The van der Waals surface area contributed by atoms with Crippen LogP contribution in [0.25, 0.3) is 0 Å². The smallest absolute Gasteiger partial charge is 0.338 e. The summed E-state index contributed by atoms with van der Waals surface area (Å²) in [6.45, 7) is 0.824. The van der Waals surface area contributed by atoms with E-state index in [9.17, 15) is 23.2 Å². The number of rotatable bonds is 7. The summed E-state index contributed by atoms with van der Waals surface area (Å²) >= 11 is 0.401. The molecule has 0 fully saturated rings. The van der Waals surface area contributed by atoms with Gasteiger partial charge in [-0.2, -0.15) is 8.78 Å². The van der Waals surface area contributed by atoms with Crippen LogP contribution in [-0.2, 0) is 14.3 Å². The molecule has 0 spiro atoms. The van der Waals surface area contributed by atoms with Gasteiger partial charge >= 0.3 is 5.97 Å². The first-order valence-corrected chi connectivity index (χ1v) is 8.61. The molecule has 0 aliphatic carbocycles. The number of anilines is 2. The maximum atomic E-state index is 12.3. The number of halogens is 2. The molecule has 0 bridgehead atoms. The molecule has 0 saturated carbocycles. The Morgan fingerprint density at radius 2 is 1.74 bits per heavy atom. The summed E-state index contributed by atoms with van der Waals surface area (Å²) in [5.41, 5.74) is 1.01. The molecular weight excluding hydrogens is 378 g/mol. The van der Waals surface area contributed by atoms with Gasteiger partial charge in [-0.15, -0.1) is 0 Å². The summed E-state index contributed by atoms with van der Waals surface area (Å²) in [5.74, 6) is -4.09. The van der Waals surface area contributed by atoms with Crippen molar-refractivity contribution in [3.63, 3.8) is 0 Å². The monoisotopic (exact) mass is 394 g/mol. The van der Waals surface area contributed by atoms with E-state index in [0.29, 0.717) is 28.0 Å². The number of carbonyl (C=O) groups is 3. The van der Waals surface area contributed by atoms with E-state index in [0.717, 1.165) is 0 Å². The van der Waals surface area contributed by atoms with Crippen molar-refractivity contribution in [2.75, 3.05) is 17.2 Å². The van der Waals surface area contributed by atoms with Crippen molar-refractivity contribution >= 4 is 40.9 Å². The van der Waals surface area contributed by atoms with Crippen molar-refractivity contribution in [1.82, 2.24) is 0 Å². The van der Waals surface area contributed by atoms with Crippen LogP contribution in [0.15, 0.2) is 53.4 Å². The van der Waals surface area contributed by atoms with Gasteiger partial charge in [-0.1, -0.05) is 17.8 Å². The van der Waals surface area contributed by atoms with Gasteiger partial charge in [-0.25, -0.2) is 4.79 Å². The van der Waals surface area contributed by atoms with Gasteiger partial charge in [0, 0.05) is 23.2 Å². The molecule has 0 atom stereocenters. The molecule has 0 aromatic heterocycles. The second-order valence-corrected chi connectivity index (χ2v) is 6.35. The van der Waals surface area contributed by atoms with Gasteiger partial charge in [0.05, 0.1) is 5.56 Å². The first-order valence-electron chi connectivity index (χ1n) is 7.73. The average Bonchev–Trinajstić information content (AvgIpc) is 2.60. The number of hydrogen-bond donors (Lipinski definition) is 2. The van der Waals surface area contributed by atoms with E-state index in [1.807, 2.05) is 0 Å². The predicted octanol–water partition coefficient (Wildman–Crippen LogP) is 3.76. The van der Waals surface area contributed by atoms with Crippen LogP contribution < -0.4 is 10.6 Å². The third kappa shape index (κ3) is 7.06. The summed E-state index contributed by atoms with van der Waals surface area (Å²) in [4.78, 5) is 35.3. The Balaban J connectivity index is 1.86. The molecule has 0 saturated heterocycles. The highest BCUT2D eigenvalue weighted by Crippen LogP contribution is 2.26. The summed E-state index contributed by atoms with van der Waals surface area (Å²) in [6, 6.07) is 12.0. The van der Waals surface area contributed by atoms with Gasteiger partial charge in [-0.3, -0.25) is 9.59 Å². The van der Waals surface area contributed by atoms with Gasteiger partial charge in [0.2, 0.25) is 5.91 Å². The van der Waals surface area contributed by atoms with Crippen molar-refractivity contribution in [2.45, 2.75) is 17.6 Å². The van der Waals surface area contributed by atoms with Gasteiger partial charge in [0.25, 0.3) is 11.7 Å². The number of esters is 1. The van der Waals surface area contributed by atoms with E-state index in [1.54, 1.807) is 12.1 Å². The number of ether oxygens (including phenoxy) is 1. The Morgan fingerprint density at radius 1 is 1.04 bits per heavy atom. The maximum absolute atomic E-state index is 12.3. The minimum absolute atomic E-state index is 0.183. The maximum Gasteiger partial charge on any atom is 0.338 e. The van der Waals surface area contributed by atoms with Crippen LogP contribution in [0.1, 0.15) is 17.3 Å². The highest BCUT2D eigenvalue weighted by molar-refractivity contribution is 7.99. The lowest BCUT2D eigenvalue weighted by Gasteiger charge is -2.08. The van der Waals surface area contributed by atoms with Crippen LogP contribution >= 0.6 is 11.8 Å². The molecule has 0 radical (unpaired) electrons. The highest BCUT2D eigenvalue weighted by atomic mass is 32.2. The van der Waals surface area contributed by atoms with E-state index in [1.165, 1.54) is 43.3 Å². The van der Waals surface area contributed by atoms with E-state index in [-0.39, 0.29) is 11.5 Å². The zero-order valence-corrected chi connectivity index (χ0v) is 15.0. The van der Waals surface area contributed by atoms with Crippen LogP contribution in [0.5, 0.6) is 0 Å². The van der Waals surface area contributed by atoms with Gasteiger partial charge in [0.1, 0.15) is 0 Å². The molecule has 9 heteroatoms. The van der Waals surface area contributed by atoms with Crippen molar-refractivity contribution < 1.29 is 27.9 Å². The Bertz CT molecular complexity index is 828. The number of alkyl halides is 2. The molecule has 142 valence electrons. The zero-order valence-electron chi connectivity index (χ0n) is 14.2. The fraction of sp³-hybridized carbons (Fsp3) is 0.167. The van der Waals surface area contributed by atoms with E-state index in [2.05, 4.69) is 10.6 Å². The first kappa shape index (κ1) is 20.4. The average molecular weight is 394 g/mol.